The van der Waals surface area contributed by atoms with E-state index in [1.807, 2.05) is 6.92 Å². The van der Waals surface area contributed by atoms with E-state index in [-0.39, 0.29) is 6.04 Å². The Balaban J connectivity index is 2.04. The van der Waals surface area contributed by atoms with Crippen molar-refractivity contribution in [2.45, 2.75) is 37.6 Å². The molecule has 1 aliphatic rings. The summed E-state index contributed by atoms with van der Waals surface area (Å²) in [4.78, 5) is 3.57. The average molecular weight is 367 g/mol. The zero-order valence-corrected chi connectivity index (χ0v) is 14.4. The van der Waals surface area contributed by atoms with Crippen molar-refractivity contribution >= 4 is 37.3 Å². The molecule has 0 atom stereocenters. The fourth-order valence-electron chi connectivity index (χ4n) is 2.35. The Morgan fingerprint density at radius 3 is 2.58 bits per heavy atom. The summed E-state index contributed by atoms with van der Waals surface area (Å²) >= 11 is 4.79. The van der Waals surface area contributed by atoms with E-state index in [0.717, 1.165) is 41.1 Å². The van der Waals surface area contributed by atoms with Gasteiger partial charge in [-0.3, -0.25) is 0 Å². The first kappa shape index (κ1) is 15.4. The minimum absolute atomic E-state index is 0.0610. The number of aryl methyl sites for hydroxylation is 1. The first-order valence-corrected chi connectivity index (χ1v) is 9.52. The van der Waals surface area contributed by atoms with E-state index in [4.69, 9.17) is 0 Å². The van der Waals surface area contributed by atoms with Gasteiger partial charge >= 0.3 is 0 Å². The smallest absolute Gasteiger partial charge is 0.241 e. The van der Waals surface area contributed by atoms with Gasteiger partial charge in [-0.25, -0.2) is 13.1 Å². The van der Waals surface area contributed by atoms with E-state index < -0.39 is 10.0 Å². The lowest BCUT2D eigenvalue weighted by Gasteiger charge is -2.31. The van der Waals surface area contributed by atoms with Crippen LogP contribution in [0.1, 0.15) is 24.6 Å². The molecule has 0 amide bonds. The van der Waals surface area contributed by atoms with E-state index in [1.165, 1.54) is 11.3 Å². The molecule has 1 saturated heterocycles. The molecule has 4 nitrogen and oxygen atoms in total. The maximum Gasteiger partial charge on any atom is 0.241 e. The molecule has 1 fully saturated rings. The van der Waals surface area contributed by atoms with Gasteiger partial charge in [0, 0.05) is 10.9 Å². The fourth-order valence-corrected chi connectivity index (χ4v) is 6.07. The Labute approximate surface area is 127 Å². The Kier molecular flexibility index (Phi) is 5.05. The van der Waals surface area contributed by atoms with E-state index in [9.17, 15) is 8.42 Å². The van der Waals surface area contributed by atoms with Gasteiger partial charge in [-0.15, -0.1) is 11.3 Å². The molecule has 0 aliphatic carbocycles. The number of nitrogens with zero attached hydrogens (tertiary/aromatic N) is 1. The predicted molar refractivity (Wildman–Crippen MR) is 82.2 cm³/mol. The minimum Gasteiger partial charge on any atom is -0.303 e. The Morgan fingerprint density at radius 1 is 1.47 bits per heavy atom. The zero-order valence-electron chi connectivity index (χ0n) is 11.1. The van der Waals surface area contributed by atoms with Crippen molar-refractivity contribution in [3.05, 3.63) is 14.7 Å². The highest BCUT2D eigenvalue weighted by Crippen LogP contribution is 2.30. The summed E-state index contributed by atoms with van der Waals surface area (Å²) < 4.78 is 28.4. The molecular weight excluding hydrogens is 348 g/mol. The predicted octanol–water partition coefficient (Wildman–Crippen LogP) is 2.58. The van der Waals surface area contributed by atoms with Crippen LogP contribution in [0, 0.1) is 6.92 Å². The van der Waals surface area contributed by atoms with Crippen LogP contribution in [0.15, 0.2) is 14.7 Å². The van der Waals surface area contributed by atoms with Gasteiger partial charge in [0.1, 0.15) is 0 Å². The molecule has 0 bridgehead atoms. The van der Waals surface area contributed by atoms with Gasteiger partial charge in [0.05, 0.1) is 8.68 Å². The SMILES string of the molecule is CCN1CCC(NS(=O)(=O)c2cc(Br)sc2C)CC1. The number of likely N-dealkylation sites (tertiary alicyclic amines) is 1. The molecule has 19 heavy (non-hydrogen) atoms. The number of nitrogens with one attached hydrogen (secondary N) is 1. The first-order valence-electron chi connectivity index (χ1n) is 6.43. The lowest BCUT2D eigenvalue weighted by Crippen LogP contribution is -2.44. The standard InChI is InChI=1S/C12H19BrN2O2S2/c1-3-15-6-4-10(5-7-15)14-19(16,17)11-8-12(13)18-9(11)2/h8,10,14H,3-7H2,1-2H3. The molecule has 0 spiro atoms. The van der Waals surface area contributed by atoms with Gasteiger partial charge < -0.3 is 4.90 Å². The largest absolute Gasteiger partial charge is 0.303 e. The van der Waals surface area contributed by atoms with Crippen LogP contribution in [0.5, 0.6) is 0 Å². The number of halogens is 1. The van der Waals surface area contributed by atoms with E-state index in [2.05, 4.69) is 32.5 Å². The number of hydrogen-bond acceptors (Lipinski definition) is 4. The second-order valence-corrected chi connectivity index (χ2v) is 9.12. The molecule has 2 rings (SSSR count). The van der Waals surface area contributed by atoms with E-state index in [1.54, 1.807) is 6.07 Å². The van der Waals surface area contributed by atoms with Crippen LogP contribution in [0.4, 0.5) is 0 Å². The van der Waals surface area contributed by atoms with E-state index in [0.29, 0.717) is 4.90 Å². The molecule has 0 radical (unpaired) electrons. The van der Waals surface area contributed by atoms with Crippen LogP contribution in [-0.4, -0.2) is 39.0 Å². The second kappa shape index (κ2) is 6.22. The highest BCUT2D eigenvalue weighted by molar-refractivity contribution is 9.11. The maximum absolute atomic E-state index is 12.3. The summed E-state index contributed by atoms with van der Waals surface area (Å²) in [6.45, 7) is 6.95. The fraction of sp³-hybridized carbons (Fsp3) is 0.667. The Hall–Kier alpha value is 0.0500. The van der Waals surface area contributed by atoms with Gasteiger partial charge in [0.25, 0.3) is 0 Å². The van der Waals surface area contributed by atoms with Crippen LogP contribution in [0.2, 0.25) is 0 Å². The first-order chi connectivity index (χ1) is 8.92. The van der Waals surface area contributed by atoms with Crippen LogP contribution < -0.4 is 4.72 Å². The van der Waals surface area contributed by atoms with Gasteiger partial charge in [0.2, 0.25) is 10.0 Å². The Morgan fingerprint density at radius 2 is 2.11 bits per heavy atom. The van der Waals surface area contributed by atoms with E-state index >= 15 is 0 Å². The second-order valence-electron chi connectivity index (χ2n) is 4.80. The summed E-state index contributed by atoms with van der Waals surface area (Å²) in [7, 11) is -3.38. The van der Waals surface area contributed by atoms with Crippen molar-refractivity contribution in [2.24, 2.45) is 0 Å². The highest BCUT2D eigenvalue weighted by Gasteiger charge is 2.26. The summed E-state index contributed by atoms with van der Waals surface area (Å²) in [5.41, 5.74) is 0. The molecule has 0 saturated carbocycles. The third-order valence-corrected chi connectivity index (χ3v) is 6.82. The number of thiophene rings is 1. The monoisotopic (exact) mass is 366 g/mol. The van der Waals surface area contributed by atoms with Crippen molar-refractivity contribution in [3.8, 4) is 0 Å². The summed E-state index contributed by atoms with van der Waals surface area (Å²) in [6, 6.07) is 1.75. The topological polar surface area (TPSA) is 49.4 Å². The third-order valence-electron chi connectivity index (χ3n) is 3.49. The normalized spacial score (nSPS) is 18.9. The summed E-state index contributed by atoms with van der Waals surface area (Å²) in [5.74, 6) is 0. The minimum atomic E-state index is -3.38. The van der Waals surface area contributed by atoms with Crippen molar-refractivity contribution in [2.75, 3.05) is 19.6 Å². The third kappa shape index (κ3) is 3.78. The van der Waals surface area contributed by atoms with Crippen molar-refractivity contribution in [3.63, 3.8) is 0 Å². The molecule has 108 valence electrons. The van der Waals surface area contributed by atoms with Gasteiger partial charge in [-0.05, 0) is 61.4 Å². The molecule has 1 N–H and O–H groups in total. The van der Waals surface area contributed by atoms with Crippen LogP contribution >= 0.6 is 27.3 Å². The zero-order chi connectivity index (χ0) is 14.0. The lowest BCUT2D eigenvalue weighted by atomic mass is 10.1. The number of sulfonamides is 1. The molecule has 0 unspecified atom stereocenters. The molecular formula is C12H19BrN2O2S2. The maximum atomic E-state index is 12.3. The van der Waals surface area contributed by atoms with Gasteiger partial charge in [-0.1, -0.05) is 6.92 Å². The lowest BCUT2D eigenvalue weighted by molar-refractivity contribution is 0.217. The molecule has 1 aromatic heterocycles. The summed E-state index contributed by atoms with van der Waals surface area (Å²) in [5, 5.41) is 0. The molecule has 7 heteroatoms. The number of hydrogen-bond donors (Lipinski definition) is 1. The van der Waals surface area contributed by atoms with Gasteiger partial charge in [-0.2, -0.15) is 0 Å². The average Bonchev–Trinajstić information content (AvgIpc) is 2.70. The summed E-state index contributed by atoms with van der Waals surface area (Å²) in [6.07, 6.45) is 1.77. The number of rotatable bonds is 4. The molecule has 1 aliphatic heterocycles. The van der Waals surface area contributed by atoms with Crippen molar-refractivity contribution in [1.29, 1.82) is 0 Å². The Bertz CT molecular complexity index is 534. The van der Waals surface area contributed by atoms with Crippen molar-refractivity contribution < 1.29 is 8.42 Å². The molecule has 0 aromatic carbocycles. The van der Waals surface area contributed by atoms with Crippen LogP contribution in [0.25, 0.3) is 0 Å². The van der Waals surface area contributed by atoms with Crippen LogP contribution in [-0.2, 0) is 10.0 Å². The molecule has 2 heterocycles. The van der Waals surface area contributed by atoms with Crippen LogP contribution in [0.3, 0.4) is 0 Å². The number of piperidine rings is 1. The quantitative estimate of drug-likeness (QED) is 0.890. The molecule has 1 aromatic rings. The van der Waals surface area contributed by atoms with Gasteiger partial charge in [0.15, 0.2) is 0 Å². The van der Waals surface area contributed by atoms with Crippen molar-refractivity contribution in [1.82, 2.24) is 9.62 Å². The highest BCUT2D eigenvalue weighted by atomic mass is 79.9.